The summed E-state index contributed by atoms with van der Waals surface area (Å²) in [5.74, 6) is 5.24. The maximum absolute atomic E-state index is 12.0. The van der Waals surface area contributed by atoms with Gasteiger partial charge < -0.3 is 10.4 Å². The zero-order chi connectivity index (χ0) is 14.4. The summed E-state index contributed by atoms with van der Waals surface area (Å²) in [5, 5.41) is 13.4. The highest BCUT2D eigenvalue weighted by molar-refractivity contribution is 7.10. The third-order valence-electron chi connectivity index (χ3n) is 2.61. The molecule has 2 rings (SSSR count). The van der Waals surface area contributed by atoms with Gasteiger partial charge in [-0.15, -0.1) is 11.3 Å². The monoisotopic (exact) mass is 286 g/mol. The predicted molar refractivity (Wildman–Crippen MR) is 78.4 cm³/mol. The number of aliphatic hydroxyl groups is 1. The molecule has 2 N–H and O–H groups in total. The Hall–Kier alpha value is -2.16. The van der Waals surface area contributed by atoms with Gasteiger partial charge in [-0.3, -0.25) is 9.78 Å². The minimum Gasteiger partial charge on any atom is -0.384 e. The molecule has 20 heavy (non-hydrogen) atoms. The van der Waals surface area contributed by atoms with Gasteiger partial charge in [-0.25, -0.2) is 0 Å². The lowest BCUT2D eigenvalue weighted by Gasteiger charge is -2.05. The molecule has 2 aromatic heterocycles. The standard InChI is InChI=1S/C15H14N2O2S/c1-11-4-2-6-16-14(11)15(19)17-9-13-8-12(10-20-13)5-3-7-18/h2,4,6,8,10,18H,7,9H2,1H3,(H,17,19). The molecule has 0 aromatic carbocycles. The van der Waals surface area contributed by atoms with E-state index in [1.807, 2.05) is 24.4 Å². The molecule has 0 saturated carbocycles. The highest BCUT2D eigenvalue weighted by Crippen LogP contribution is 2.14. The smallest absolute Gasteiger partial charge is 0.270 e. The van der Waals surface area contributed by atoms with Crippen LogP contribution in [-0.4, -0.2) is 22.6 Å². The van der Waals surface area contributed by atoms with Crippen LogP contribution in [0.5, 0.6) is 0 Å². The molecular weight excluding hydrogens is 272 g/mol. The summed E-state index contributed by atoms with van der Waals surface area (Å²) in [4.78, 5) is 17.1. The molecule has 0 atom stereocenters. The lowest BCUT2D eigenvalue weighted by molar-refractivity contribution is 0.0945. The Morgan fingerprint density at radius 3 is 3.15 bits per heavy atom. The summed E-state index contributed by atoms with van der Waals surface area (Å²) in [6.45, 7) is 2.15. The van der Waals surface area contributed by atoms with Gasteiger partial charge in [0.15, 0.2) is 0 Å². The van der Waals surface area contributed by atoms with E-state index in [4.69, 9.17) is 5.11 Å². The van der Waals surface area contributed by atoms with Gasteiger partial charge in [0.2, 0.25) is 0 Å². The van der Waals surface area contributed by atoms with Gasteiger partial charge >= 0.3 is 0 Å². The number of hydrogen-bond acceptors (Lipinski definition) is 4. The van der Waals surface area contributed by atoms with Crippen LogP contribution in [-0.2, 0) is 6.54 Å². The summed E-state index contributed by atoms with van der Waals surface area (Å²) >= 11 is 1.52. The first kappa shape index (κ1) is 14.3. The Bertz CT molecular complexity index is 668. The number of pyridine rings is 1. The van der Waals surface area contributed by atoms with Crippen molar-refractivity contribution in [1.29, 1.82) is 0 Å². The van der Waals surface area contributed by atoms with E-state index in [0.29, 0.717) is 12.2 Å². The second-order valence-corrected chi connectivity index (χ2v) is 5.11. The fourth-order valence-electron chi connectivity index (χ4n) is 1.66. The molecule has 1 amide bonds. The molecule has 0 spiro atoms. The number of amides is 1. The maximum atomic E-state index is 12.0. The predicted octanol–water partition coefficient (Wildman–Crippen LogP) is 1.73. The molecule has 2 aromatic rings. The zero-order valence-corrected chi connectivity index (χ0v) is 11.8. The first-order valence-corrected chi connectivity index (χ1v) is 6.95. The normalized spacial score (nSPS) is 9.70. The molecule has 0 aliphatic carbocycles. The molecule has 0 aliphatic rings. The van der Waals surface area contributed by atoms with Gasteiger partial charge in [0.05, 0.1) is 6.54 Å². The van der Waals surface area contributed by atoms with Gasteiger partial charge in [-0.05, 0) is 24.6 Å². The first-order valence-electron chi connectivity index (χ1n) is 6.07. The van der Waals surface area contributed by atoms with Gasteiger partial charge in [0.25, 0.3) is 5.91 Å². The molecular formula is C15H14N2O2S. The number of aryl methyl sites for hydroxylation is 1. The van der Waals surface area contributed by atoms with E-state index < -0.39 is 0 Å². The maximum Gasteiger partial charge on any atom is 0.270 e. The van der Waals surface area contributed by atoms with Crippen molar-refractivity contribution in [2.75, 3.05) is 6.61 Å². The number of nitrogens with zero attached hydrogens (tertiary/aromatic N) is 1. The SMILES string of the molecule is Cc1cccnc1C(=O)NCc1cc(C#CCO)cs1. The van der Waals surface area contributed by atoms with Crippen molar-refractivity contribution in [3.8, 4) is 11.8 Å². The van der Waals surface area contributed by atoms with Crippen LogP contribution in [0.2, 0.25) is 0 Å². The largest absolute Gasteiger partial charge is 0.384 e. The molecule has 0 saturated heterocycles. The fraction of sp³-hybridized carbons (Fsp3) is 0.200. The van der Waals surface area contributed by atoms with E-state index in [1.54, 1.807) is 12.3 Å². The van der Waals surface area contributed by atoms with Crippen LogP contribution in [0.3, 0.4) is 0 Å². The molecule has 0 unspecified atom stereocenters. The van der Waals surface area contributed by atoms with Crippen molar-refractivity contribution in [3.05, 3.63) is 51.5 Å². The number of thiophene rings is 1. The topological polar surface area (TPSA) is 62.2 Å². The van der Waals surface area contributed by atoms with Crippen molar-refractivity contribution in [2.45, 2.75) is 13.5 Å². The van der Waals surface area contributed by atoms with Crippen LogP contribution < -0.4 is 5.32 Å². The van der Waals surface area contributed by atoms with E-state index in [2.05, 4.69) is 22.1 Å². The van der Waals surface area contributed by atoms with Gasteiger partial charge in [-0.1, -0.05) is 17.9 Å². The van der Waals surface area contributed by atoms with Crippen LogP contribution in [0.25, 0.3) is 0 Å². The summed E-state index contributed by atoms with van der Waals surface area (Å²) in [6.07, 6.45) is 1.61. The number of nitrogens with one attached hydrogen (secondary N) is 1. The highest BCUT2D eigenvalue weighted by Gasteiger charge is 2.09. The molecule has 4 nitrogen and oxygen atoms in total. The fourth-order valence-corrected chi connectivity index (χ4v) is 2.41. The lowest BCUT2D eigenvalue weighted by atomic mass is 10.2. The van der Waals surface area contributed by atoms with Gasteiger partial charge in [-0.2, -0.15) is 0 Å². The minimum absolute atomic E-state index is 0.152. The van der Waals surface area contributed by atoms with Crippen molar-refractivity contribution in [3.63, 3.8) is 0 Å². The molecule has 2 heterocycles. The number of carbonyl (C=O) groups excluding carboxylic acids is 1. The van der Waals surface area contributed by atoms with Crippen LogP contribution in [0.4, 0.5) is 0 Å². The minimum atomic E-state index is -0.181. The lowest BCUT2D eigenvalue weighted by Crippen LogP contribution is -2.24. The van der Waals surface area contributed by atoms with Crippen LogP contribution >= 0.6 is 11.3 Å². The second kappa shape index (κ2) is 6.85. The van der Waals surface area contributed by atoms with Crippen LogP contribution in [0, 0.1) is 18.8 Å². The summed E-state index contributed by atoms with van der Waals surface area (Å²) < 4.78 is 0. The molecule has 0 fully saturated rings. The van der Waals surface area contributed by atoms with E-state index in [-0.39, 0.29) is 12.5 Å². The molecule has 0 bridgehead atoms. The van der Waals surface area contributed by atoms with Crippen molar-refractivity contribution >= 4 is 17.2 Å². The van der Waals surface area contributed by atoms with Gasteiger partial charge in [0.1, 0.15) is 12.3 Å². The van der Waals surface area contributed by atoms with E-state index in [0.717, 1.165) is 16.0 Å². The van der Waals surface area contributed by atoms with Gasteiger partial charge in [0, 0.05) is 22.0 Å². The Morgan fingerprint density at radius 2 is 2.40 bits per heavy atom. The number of carbonyl (C=O) groups is 1. The Kier molecular flexibility index (Phi) is 4.88. The molecule has 5 heteroatoms. The summed E-state index contributed by atoms with van der Waals surface area (Å²) in [5.41, 5.74) is 2.15. The van der Waals surface area contributed by atoms with Crippen molar-refractivity contribution in [2.24, 2.45) is 0 Å². The Morgan fingerprint density at radius 1 is 1.55 bits per heavy atom. The molecule has 102 valence electrons. The third kappa shape index (κ3) is 3.67. The zero-order valence-electron chi connectivity index (χ0n) is 11.0. The van der Waals surface area contributed by atoms with Crippen LogP contribution in [0.15, 0.2) is 29.8 Å². The van der Waals surface area contributed by atoms with Crippen molar-refractivity contribution < 1.29 is 9.90 Å². The Balaban J connectivity index is 1.97. The number of rotatable bonds is 3. The average molecular weight is 286 g/mol. The molecule has 0 radical (unpaired) electrons. The van der Waals surface area contributed by atoms with Crippen LogP contribution in [0.1, 0.15) is 26.5 Å². The van der Waals surface area contributed by atoms with E-state index >= 15 is 0 Å². The van der Waals surface area contributed by atoms with E-state index in [9.17, 15) is 4.79 Å². The molecule has 0 aliphatic heterocycles. The number of aliphatic hydroxyl groups excluding tert-OH is 1. The average Bonchev–Trinajstić information content (AvgIpc) is 2.91. The quantitative estimate of drug-likeness (QED) is 0.845. The van der Waals surface area contributed by atoms with Crippen molar-refractivity contribution in [1.82, 2.24) is 10.3 Å². The third-order valence-corrected chi connectivity index (χ3v) is 3.55. The second-order valence-electron chi connectivity index (χ2n) is 4.11. The van der Waals surface area contributed by atoms with E-state index in [1.165, 1.54) is 11.3 Å². The highest BCUT2D eigenvalue weighted by atomic mass is 32.1. The Labute approximate surface area is 121 Å². The number of aromatic nitrogens is 1. The summed E-state index contributed by atoms with van der Waals surface area (Å²) in [6, 6.07) is 5.56. The first-order chi connectivity index (χ1) is 9.70. The summed E-state index contributed by atoms with van der Waals surface area (Å²) in [7, 11) is 0. The number of hydrogen-bond donors (Lipinski definition) is 2.